The minimum absolute atomic E-state index is 0.0175. The van der Waals surface area contributed by atoms with Crippen LogP contribution in [0, 0.1) is 5.82 Å². The number of hydrogen-bond donors (Lipinski definition) is 2. The van der Waals surface area contributed by atoms with E-state index in [1.165, 1.54) is 13.0 Å². The van der Waals surface area contributed by atoms with Crippen molar-refractivity contribution in [1.82, 2.24) is 0 Å². The highest BCUT2D eigenvalue weighted by atomic mass is 32.2. The van der Waals surface area contributed by atoms with E-state index < -0.39 is 15.7 Å². The van der Waals surface area contributed by atoms with E-state index in [2.05, 4.69) is 5.43 Å². The van der Waals surface area contributed by atoms with Crippen molar-refractivity contribution in [3.05, 3.63) is 24.0 Å². The van der Waals surface area contributed by atoms with E-state index in [1.807, 2.05) is 0 Å². The summed E-state index contributed by atoms with van der Waals surface area (Å²) in [6.07, 6.45) is 0. The lowest BCUT2D eigenvalue weighted by Crippen LogP contribution is -2.13. The zero-order chi connectivity index (χ0) is 10.8. The van der Waals surface area contributed by atoms with E-state index in [1.54, 1.807) is 0 Å². The highest BCUT2D eigenvalue weighted by Gasteiger charge is 2.16. The lowest BCUT2D eigenvalue weighted by Gasteiger charge is -2.08. The van der Waals surface area contributed by atoms with Gasteiger partial charge in [-0.3, -0.25) is 5.84 Å². The maximum Gasteiger partial charge on any atom is 0.180 e. The molecule has 0 amide bonds. The largest absolute Gasteiger partial charge is 0.323 e. The third-order valence-electron chi connectivity index (χ3n) is 1.81. The monoisotopic (exact) mass is 218 g/mol. The van der Waals surface area contributed by atoms with Crippen molar-refractivity contribution >= 4 is 15.5 Å². The Bertz CT molecular complexity index is 431. The fraction of sp³-hybridized carbons (Fsp3) is 0.250. The molecule has 4 nitrogen and oxygen atoms in total. The van der Waals surface area contributed by atoms with Crippen LogP contribution in [0.2, 0.25) is 0 Å². The van der Waals surface area contributed by atoms with Crippen LogP contribution in [0.1, 0.15) is 6.92 Å². The number of anilines is 1. The van der Waals surface area contributed by atoms with Crippen LogP contribution in [0.3, 0.4) is 0 Å². The van der Waals surface area contributed by atoms with Gasteiger partial charge >= 0.3 is 0 Å². The highest BCUT2D eigenvalue weighted by Crippen LogP contribution is 2.22. The number of rotatable bonds is 3. The number of nitrogens with two attached hydrogens (primary N) is 1. The Labute approximate surface area is 81.8 Å². The normalized spacial score (nSPS) is 11.4. The standard InChI is InChI=1S/C8H11FN2O2S/c1-2-14(12,13)8-4-3-6(9)5-7(8)11-10/h3-5,11H,2,10H2,1H3. The Morgan fingerprint density at radius 1 is 1.50 bits per heavy atom. The van der Waals surface area contributed by atoms with Gasteiger partial charge in [-0.15, -0.1) is 0 Å². The molecular formula is C8H11FN2O2S. The molecule has 0 aliphatic rings. The Morgan fingerprint density at radius 2 is 2.14 bits per heavy atom. The van der Waals surface area contributed by atoms with Gasteiger partial charge in [0.15, 0.2) is 9.84 Å². The number of sulfone groups is 1. The van der Waals surface area contributed by atoms with Crippen LogP contribution in [-0.2, 0) is 9.84 Å². The van der Waals surface area contributed by atoms with Crippen molar-refractivity contribution in [3.8, 4) is 0 Å². The fourth-order valence-electron chi connectivity index (χ4n) is 1.04. The van der Waals surface area contributed by atoms with Crippen molar-refractivity contribution in [2.24, 2.45) is 5.84 Å². The summed E-state index contributed by atoms with van der Waals surface area (Å²) in [5, 5.41) is 0. The first-order valence-corrected chi connectivity index (χ1v) is 5.65. The molecule has 1 aromatic rings. The Balaban J connectivity index is 3.35. The van der Waals surface area contributed by atoms with Gasteiger partial charge in [-0.25, -0.2) is 12.8 Å². The van der Waals surface area contributed by atoms with Crippen molar-refractivity contribution in [1.29, 1.82) is 0 Å². The first kappa shape index (κ1) is 10.9. The second-order valence-corrected chi connectivity index (χ2v) is 4.93. The second-order valence-electron chi connectivity index (χ2n) is 2.69. The van der Waals surface area contributed by atoms with Crippen LogP contribution in [-0.4, -0.2) is 14.2 Å². The molecule has 0 bridgehead atoms. The average Bonchev–Trinajstić information content (AvgIpc) is 2.17. The van der Waals surface area contributed by atoms with Crippen LogP contribution in [0.25, 0.3) is 0 Å². The second kappa shape index (κ2) is 3.93. The number of benzene rings is 1. The lowest BCUT2D eigenvalue weighted by atomic mass is 10.3. The molecule has 0 atom stereocenters. The van der Waals surface area contributed by atoms with Crippen LogP contribution in [0.15, 0.2) is 23.1 Å². The van der Waals surface area contributed by atoms with Gasteiger partial charge in [-0.05, 0) is 18.2 Å². The summed E-state index contributed by atoms with van der Waals surface area (Å²) in [5.41, 5.74) is 2.23. The van der Waals surface area contributed by atoms with Gasteiger partial charge in [-0.2, -0.15) is 0 Å². The molecule has 1 rings (SSSR count). The molecule has 0 radical (unpaired) electrons. The minimum Gasteiger partial charge on any atom is -0.323 e. The quantitative estimate of drug-likeness (QED) is 0.449. The zero-order valence-electron chi connectivity index (χ0n) is 7.62. The van der Waals surface area contributed by atoms with Gasteiger partial charge in [0.05, 0.1) is 16.3 Å². The zero-order valence-corrected chi connectivity index (χ0v) is 8.44. The fourth-order valence-corrected chi connectivity index (χ4v) is 2.08. The maximum atomic E-state index is 12.7. The molecule has 1 aromatic carbocycles. The smallest absolute Gasteiger partial charge is 0.180 e. The summed E-state index contributed by atoms with van der Waals surface area (Å²) in [4.78, 5) is 0.0175. The molecule has 78 valence electrons. The topological polar surface area (TPSA) is 72.2 Å². The van der Waals surface area contributed by atoms with Crippen molar-refractivity contribution in [2.75, 3.05) is 11.2 Å². The van der Waals surface area contributed by atoms with Crippen LogP contribution < -0.4 is 11.3 Å². The van der Waals surface area contributed by atoms with Crippen LogP contribution in [0.4, 0.5) is 10.1 Å². The van der Waals surface area contributed by atoms with E-state index in [0.29, 0.717) is 0 Å². The summed E-state index contributed by atoms with van der Waals surface area (Å²) in [7, 11) is -3.37. The Kier molecular flexibility index (Phi) is 3.07. The lowest BCUT2D eigenvalue weighted by molar-refractivity contribution is 0.596. The highest BCUT2D eigenvalue weighted by molar-refractivity contribution is 7.91. The SMILES string of the molecule is CCS(=O)(=O)c1ccc(F)cc1NN. The summed E-state index contributed by atoms with van der Waals surface area (Å²) in [6, 6.07) is 3.33. The summed E-state index contributed by atoms with van der Waals surface area (Å²) < 4.78 is 35.7. The molecule has 0 aromatic heterocycles. The molecule has 0 aliphatic carbocycles. The third kappa shape index (κ3) is 2.02. The van der Waals surface area contributed by atoms with Crippen molar-refractivity contribution in [2.45, 2.75) is 11.8 Å². The van der Waals surface area contributed by atoms with Gasteiger partial charge in [0.1, 0.15) is 5.82 Å². The molecular weight excluding hydrogens is 207 g/mol. The van der Waals surface area contributed by atoms with Gasteiger partial charge < -0.3 is 5.43 Å². The van der Waals surface area contributed by atoms with Gasteiger partial charge in [0.25, 0.3) is 0 Å². The molecule has 0 heterocycles. The molecule has 0 aliphatic heterocycles. The van der Waals surface area contributed by atoms with E-state index in [4.69, 9.17) is 5.84 Å². The molecule has 14 heavy (non-hydrogen) atoms. The number of nitrogens with one attached hydrogen (secondary N) is 1. The minimum atomic E-state index is -3.37. The Hall–Kier alpha value is -1.14. The molecule has 0 spiro atoms. The maximum absolute atomic E-state index is 12.7. The van der Waals surface area contributed by atoms with Gasteiger partial charge in [0, 0.05) is 0 Å². The predicted octanol–water partition coefficient (Wildman–Crippen LogP) is 0.905. The summed E-state index contributed by atoms with van der Waals surface area (Å²) in [6.45, 7) is 1.51. The molecule has 6 heteroatoms. The van der Waals surface area contributed by atoms with E-state index in [9.17, 15) is 12.8 Å². The van der Waals surface area contributed by atoms with Crippen molar-refractivity contribution < 1.29 is 12.8 Å². The summed E-state index contributed by atoms with van der Waals surface area (Å²) in [5.74, 6) is 4.51. The van der Waals surface area contributed by atoms with E-state index >= 15 is 0 Å². The molecule has 0 unspecified atom stereocenters. The van der Waals surface area contributed by atoms with Crippen LogP contribution >= 0.6 is 0 Å². The first-order chi connectivity index (χ1) is 6.51. The molecule has 0 saturated heterocycles. The number of halogens is 1. The Morgan fingerprint density at radius 3 is 2.64 bits per heavy atom. The van der Waals surface area contributed by atoms with Crippen molar-refractivity contribution in [3.63, 3.8) is 0 Å². The number of nitrogen functional groups attached to an aromatic ring is 1. The summed E-state index contributed by atoms with van der Waals surface area (Å²) >= 11 is 0. The van der Waals surface area contributed by atoms with Gasteiger partial charge in [-0.1, -0.05) is 6.92 Å². The molecule has 0 saturated carbocycles. The first-order valence-electron chi connectivity index (χ1n) is 4.00. The molecule has 0 fully saturated rings. The number of hydrogen-bond acceptors (Lipinski definition) is 4. The van der Waals surface area contributed by atoms with Crippen LogP contribution in [0.5, 0.6) is 0 Å². The molecule has 3 N–H and O–H groups in total. The van der Waals surface area contributed by atoms with E-state index in [-0.39, 0.29) is 16.3 Å². The third-order valence-corrected chi connectivity index (χ3v) is 3.60. The average molecular weight is 218 g/mol. The predicted molar refractivity (Wildman–Crippen MR) is 51.9 cm³/mol. The van der Waals surface area contributed by atoms with E-state index in [0.717, 1.165) is 12.1 Å². The van der Waals surface area contributed by atoms with Gasteiger partial charge in [0.2, 0.25) is 0 Å². The number of hydrazine groups is 1.